The zero-order chi connectivity index (χ0) is 25.8. The second-order valence-corrected chi connectivity index (χ2v) is 9.84. The molecule has 0 bridgehead atoms. The number of fused-ring (bicyclic) bond motifs is 2. The van der Waals surface area contributed by atoms with Gasteiger partial charge in [0.15, 0.2) is 0 Å². The molecule has 1 N–H and O–H groups in total. The summed E-state index contributed by atoms with van der Waals surface area (Å²) < 4.78 is 10.1. The van der Waals surface area contributed by atoms with Crippen LogP contribution in [0.2, 0.25) is 0 Å². The first kappa shape index (κ1) is 25.8. The van der Waals surface area contributed by atoms with E-state index in [-0.39, 0.29) is 36.5 Å². The monoisotopic (exact) mass is 496 g/mol. The summed E-state index contributed by atoms with van der Waals surface area (Å²) >= 11 is 0. The average Bonchev–Trinajstić information content (AvgIpc) is 3.48. The van der Waals surface area contributed by atoms with Crippen LogP contribution in [0, 0.1) is 5.92 Å². The Morgan fingerprint density at radius 1 is 1.33 bits per heavy atom. The highest BCUT2D eigenvalue weighted by Crippen LogP contribution is 2.21. The molecule has 0 saturated heterocycles. The Bertz CT molecular complexity index is 1200. The fourth-order valence-corrected chi connectivity index (χ4v) is 4.71. The molecule has 3 heterocycles. The van der Waals surface area contributed by atoms with Gasteiger partial charge in [0.05, 0.1) is 37.3 Å². The summed E-state index contributed by atoms with van der Waals surface area (Å²) in [4.78, 5) is 29.8. The number of ether oxygens (including phenoxy) is 1. The van der Waals surface area contributed by atoms with E-state index in [0.717, 1.165) is 16.6 Å². The highest BCUT2D eigenvalue weighted by Gasteiger charge is 2.29. The fraction of sp³-hybridized carbons (Fsp3) is 0.538. The minimum atomic E-state index is -0.346. The maximum Gasteiger partial charge on any atom is 0.253 e. The Morgan fingerprint density at radius 3 is 2.92 bits per heavy atom. The fourth-order valence-electron chi connectivity index (χ4n) is 4.71. The van der Waals surface area contributed by atoms with E-state index in [2.05, 4.69) is 10.3 Å². The molecule has 36 heavy (non-hydrogen) atoms. The molecule has 0 unspecified atom stereocenters. The molecule has 4 rings (SSSR count). The SMILES string of the molecule is C[C@H]1CN([C@@H](C)CO)C(=O)CCCn2nncc2CO[C@H]1CN(C)C(=O)c1ccc2ccn(C)c2c1. The van der Waals surface area contributed by atoms with Gasteiger partial charge in [-0.1, -0.05) is 18.2 Å². The standard InChI is InChI=1S/C26H36N6O4/c1-18-14-31(19(2)16-33)25(34)6-5-10-32-22(13-27-28-32)17-36-24(18)15-30(4)26(35)21-8-7-20-9-11-29(3)23(20)12-21/h7-9,11-13,18-19,24,33H,5-6,10,14-17H2,1-4H3/t18-,19-,24-/m0/s1. The Hall–Kier alpha value is -3.24. The van der Waals surface area contributed by atoms with E-state index in [0.29, 0.717) is 44.6 Å². The van der Waals surface area contributed by atoms with Crippen molar-refractivity contribution in [3.8, 4) is 0 Å². The van der Waals surface area contributed by atoms with E-state index in [4.69, 9.17) is 4.74 Å². The molecule has 1 aromatic carbocycles. The van der Waals surface area contributed by atoms with Crippen molar-refractivity contribution >= 4 is 22.7 Å². The van der Waals surface area contributed by atoms with Crippen LogP contribution in [0.5, 0.6) is 0 Å². The number of aryl methyl sites for hydroxylation is 2. The van der Waals surface area contributed by atoms with Gasteiger partial charge in [-0.2, -0.15) is 0 Å². The van der Waals surface area contributed by atoms with Gasteiger partial charge in [0.2, 0.25) is 5.91 Å². The minimum Gasteiger partial charge on any atom is -0.394 e. The smallest absolute Gasteiger partial charge is 0.253 e. The summed E-state index contributed by atoms with van der Waals surface area (Å²) in [6.07, 6.45) is 4.30. The zero-order valence-electron chi connectivity index (χ0n) is 21.5. The maximum absolute atomic E-state index is 13.3. The van der Waals surface area contributed by atoms with Crippen molar-refractivity contribution in [1.82, 2.24) is 29.4 Å². The van der Waals surface area contributed by atoms with Crippen LogP contribution in [0.4, 0.5) is 0 Å². The number of aliphatic hydroxyl groups excluding tert-OH is 1. The third-order valence-electron chi connectivity index (χ3n) is 7.08. The van der Waals surface area contributed by atoms with Crippen LogP contribution in [0.3, 0.4) is 0 Å². The quantitative estimate of drug-likeness (QED) is 0.580. The number of carbonyl (C=O) groups is 2. The van der Waals surface area contributed by atoms with Gasteiger partial charge in [-0.25, -0.2) is 4.68 Å². The third kappa shape index (κ3) is 5.60. The lowest BCUT2D eigenvalue weighted by molar-refractivity contribution is -0.136. The van der Waals surface area contributed by atoms with E-state index in [1.54, 1.807) is 27.7 Å². The van der Waals surface area contributed by atoms with Crippen molar-refractivity contribution in [2.24, 2.45) is 13.0 Å². The van der Waals surface area contributed by atoms with E-state index in [9.17, 15) is 14.7 Å². The molecule has 2 aromatic heterocycles. The molecule has 1 aliphatic heterocycles. The van der Waals surface area contributed by atoms with Gasteiger partial charge < -0.3 is 24.2 Å². The topological polar surface area (TPSA) is 106 Å². The number of benzene rings is 1. The largest absolute Gasteiger partial charge is 0.394 e. The maximum atomic E-state index is 13.3. The van der Waals surface area contributed by atoms with Crippen LogP contribution in [0.25, 0.3) is 10.9 Å². The van der Waals surface area contributed by atoms with Gasteiger partial charge in [0.1, 0.15) is 0 Å². The van der Waals surface area contributed by atoms with E-state index < -0.39 is 0 Å². The molecular formula is C26H36N6O4. The lowest BCUT2D eigenvalue weighted by atomic mass is 10.0. The average molecular weight is 497 g/mol. The predicted molar refractivity (Wildman–Crippen MR) is 135 cm³/mol. The van der Waals surface area contributed by atoms with Crippen LogP contribution in [-0.2, 0) is 29.7 Å². The molecule has 3 aromatic rings. The van der Waals surface area contributed by atoms with Crippen LogP contribution in [0.15, 0.2) is 36.7 Å². The van der Waals surface area contributed by atoms with E-state index >= 15 is 0 Å². The normalized spacial score (nSPS) is 20.5. The number of rotatable bonds is 5. The molecule has 0 radical (unpaired) electrons. The van der Waals surface area contributed by atoms with Crippen LogP contribution >= 0.6 is 0 Å². The highest BCUT2D eigenvalue weighted by molar-refractivity contribution is 5.98. The highest BCUT2D eigenvalue weighted by atomic mass is 16.5. The third-order valence-corrected chi connectivity index (χ3v) is 7.08. The minimum absolute atomic E-state index is 0.00955. The number of hydrogen-bond acceptors (Lipinski definition) is 6. The van der Waals surface area contributed by atoms with Crippen LogP contribution in [-0.4, -0.2) is 85.2 Å². The number of nitrogens with zero attached hydrogens (tertiary/aromatic N) is 6. The molecule has 0 fully saturated rings. The first-order chi connectivity index (χ1) is 17.3. The number of likely N-dealkylation sites (N-methyl/N-ethyl adjacent to an activating group) is 1. The summed E-state index contributed by atoms with van der Waals surface area (Å²) in [5.74, 6) is -0.189. The van der Waals surface area contributed by atoms with E-state index in [1.807, 2.05) is 55.9 Å². The first-order valence-electron chi connectivity index (χ1n) is 12.5. The summed E-state index contributed by atoms with van der Waals surface area (Å²) in [5.41, 5.74) is 2.45. The van der Waals surface area contributed by atoms with Crippen LogP contribution in [0.1, 0.15) is 42.7 Å². The number of hydrogen-bond donors (Lipinski definition) is 1. The van der Waals surface area contributed by atoms with Crippen LogP contribution < -0.4 is 0 Å². The van der Waals surface area contributed by atoms with Gasteiger partial charge in [-0.05, 0) is 36.9 Å². The number of carbonyl (C=O) groups excluding carboxylic acids is 2. The number of aliphatic hydroxyl groups is 1. The molecule has 0 aliphatic carbocycles. The van der Waals surface area contributed by atoms with Gasteiger partial charge in [0, 0.05) is 63.3 Å². The zero-order valence-corrected chi connectivity index (χ0v) is 21.5. The van der Waals surface area contributed by atoms with Gasteiger partial charge in [-0.3, -0.25) is 9.59 Å². The van der Waals surface area contributed by atoms with Crippen molar-refractivity contribution in [3.63, 3.8) is 0 Å². The molecule has 1 aliphatic rings. The van der Waals surface area contributed by atoms with Crippen molar-refractivity contribution in [3.05, 3.63) is 47.9 Å². The Morgan fingerprint density at radius 2 is 2.14 bits per heavy atom. The molecule has 2 amide bonds. The molecule has 10 heteroatoms. The van der Waals surface area contributed by atoms with E-state index in [1.165, 1.54) is 0 Å². The van der Waals surface area contributed by atoms with Crippen molar-refractivity contribution in [2.75, 3.05) is 26.7 Å². The molecular weight excluding hydrogens is 460 g/mol. The second kappa shape index (κ2) is 11.2. The van der Waals surface area contributed by atoms with Crippen molar-refractivity contribution in [1.29, 1.82) is 0 Å². The Kier molecular flexibility index (Phi) is 8.05. The molecule has 194 valence electrons. The molecule has 10 nitrogen and oxygen atoms in total. The van der Waals surface area contributed by atoms with Crippen molar-refractivity contribution < 1.29 is 19.4 Å². The summed E-state index contributed by atoms with van der Waals surface area (Å²) in [5, 5.41) is 19.0. The summed E-state index contributed by atoms with van der Waals surface area (Å²) in [6, 6.07) is 7.43. The second-order valence-electron chi connectivity index (χ2n) is 9.84. The summed E-state index contributed by atoms with van der Waals surface area (Å²) in [6.45, 7) is 5.40. The first-order valence-corrected chi connectivity index (χ1v) is 12.5. The number of aromatic nitrogens is 4. The molecule has 0 spiro atoms. The predicted octanol–water partition coefficient (Wildman–Crippen LogP) is 2.07. The lowest BCUT2D eigenvalue weighted by Gasteiger charge is -2.35. The van der Waals surface area contributed by atoms with Gasteiger partial charge in [0.25, 0.3) is 5.91 Å². The lowest BCUT2D eigenvalue weighted by Crippen LogP contribution is -2.48. The summed E-state index contributed by atoms with van der Waals surface area (Å²) in [7, 11) is 3.73. The van der Waals surface area contributed by atoms with Crippen molar-refractivity contribution in [2.45, 2.75) is 52.0 Å². The van der Waals surface area contributed by atoms with Gasteiger partial charge in [-0.15, -0.1) is 5.10 Å². The Labute approximate surface area is 211 Å². The molecule has 0 saturated carbocycles. The van der Waals surface area contributed by atoms with Gasteiger partial charge >= 0.3 is 0 Å². The Balaban J connectivity index is 1.56. The number of amides is 2. The molecule has 3 atom stereocenters.